The Morgan fingerprint density at radius 3 is 2.30 bits per heavy atom. The molecule has 4 nitrogen and oxygen atoms in total. The number of nitrogens with one attached hydrogen (secondary N) is 1. The second-order valence-electron chi connectivity index (χ2n) is 3.94. The quantitative estimate of drug-likeness (QED) is 0.408. The van der Waals surface area contributed by atoms with Gasteiger partial charge in [0.05, 0.1) is 5.75 Å². The number of carbonyl (C=O) groups excluding carboxylic acids is 2. The van der Waals surface area contributed by atoms with Crippen LogP contribution in [0.25, 0.3) is 0 Å². The van der Waals surface area contributed by atoms with Gasteiger partial charge in [-0.1, -0.05) is 24.3 Å². The molecule has 0 aliphatic heterocycles. The highest BCUT2D eigenvalue weighted by Crippen LogP contribution is 2.14. The van der Waals surface area contributed by atoms with Crippen molar-refractivity contribution >= 4 is 23.8 Å². The van der Waals surface area contributed by atoms with Crippen LogP contribution in [-0.4, -0.2) is 38.0 Å². The molecule has 0 rings (SSSR count). The van der Waals surface area contributed by atoms with Crippen molar-refractivity contribution in [2.24, 2.45) is 5.73 Å². The summed E-state index contributed by atoms with van der Waals surface area (Å²) in [5.74, 6) is 0.636. The Hall–Kier alpha value is -1.17. The fraction of sp³-hybridized carbons (Fsp3) is 0.467. The molecule has 0 aliphatic carbocycles. The maximum Gasteiger partial charge on any atom is 0.150 e. The monoisotopic (exact) mass is 298 g/mol. The van der Waals surface area contributed by atoms with Gasteiger partial charge in [0.25, 0.3) is 0 Å². The van der Waals surface area contributed by atoms with Gasteiger partial charge >= 0.3 is 0 Å². The van der Waals surface area contributed by atoms with Crippen LogP contribution in [0.15, 0.2) is 34.8 Å². The number of Topliss-reactive ketones (excluding diaryl/α,β-unsaturated/α-hetero) is 1. The van der Waals surface area contributed by atoms with E-state index < -0.39 is 0 Å². The van der Waals surface area contributed by atoms with Gasteiger partial charge in [0.1, 0.15) is 12.1 Å². The number of nitrogens with two attached hydrogens (primary N) is 1. The van der Waals surface area contributed by atoms with Crippen LogP contribution in [0, 0.1) is 0 Å². The molecular formula is C15H26N2O2S. The highest BCUT2D eigenvalue weighted by atomic mass is 32.2. The zero-order valence-corrected chi connectivity index (χ0v) is 13.6. The van der Waals surface area contributed by atoms with E-state index in [1.54, 1.807) is 19.1 Å². The number of likely N-dealkylation sites (N-methyl/N-ethyl adjacent to an activating group) is 1. The van der Waals surface area contributed by atoms with Crippen molar-refractivity contribution in [1.82, 2.24) is 5.32 Å². The number of allylic oxidation sites excluding steroid dienone is 6. The van der Waals surface area contributed by atoms with Crippen molar-refractivity contribution in [1.29, 1.82) is 0 Å². The standard InChI is InChI=1S/C12H16O2S.C3H10N2/c1-4-5-12(8-13)7-6-11(3)15-9-10(2)14;1-5-3-2-4/h4-8H,9H2,1-3H3;5H,2-4H2,1H3/b5-4-,11-6+,12-7+;. The zero-order valence-electron chi connectivity index (χ0n) is 12.8. The van der Waals surface area contributed by atoms with Gasteiger partial charge in [-0.2, -0.15) is 0 Å². The summed E-state index contributed by atoms with van der Waals surface area (Å²) in [5.41, 5.74) is 5.70. The maximum absolute atomic E-state index is 10.7. The van der Waals surface area contributed by atoms with Crippen molar-refractivity contribution in [2.75, 3.05) is 25.9 Å². The molecule has 0 aromatic carbocycles. The minimum atomic E-state index is 0.154. The summed E-state index contributed by atoms with van der Waals surface area (Å²) < 4.78 is 0. The van der Waals surface area contributed by atoms with Crippen LogP contribution < -0.4 is 11.1 Å². The van der Waals surface area contributed by atoms with Gasteiger partial charge < -0.3 is 11.1 Å². The van der Waals surface area contributed by atoms with Gasteiger partial charge in [-0.25, -0.2) is 0 Å². The van der Waals surface area contributed by atoms with Crippen molar-refractivity contribution in [3.05, 3.63) is 34.8 Å². The van der Waals surface area contributed by atoms with E-state index >= 15 is 0 Å². The number of rotatable bonds is 8. The number of carbonyl (C=O) groups is 2. The molecule has 0 aromatic heterocycles. The van der Waals surface area contributed by atoms with E-state index in [-0.39, 0.29) is 5.78 Å². The minimum absolute atomic E-state index is 0.154. The first-order valence-electron chi connectivity index (χ1n) is 6.45. The lowest BCUT2D eigenvalue weighted by molar-refractivity contribution is -0.114. The lowest BCUT2D eigenvalue weighted by Crippen LogP contribution is -2.17. The van der Waals surface area contributed by atoms with Crippen LogP contribution in [0.2, 0.25) is 0 Å². The fourth-order valence-electron chi connectivity index (χ4n) is 0.948. The van der Waals surface area contributed by atoms with Gasteiger partial charge in [-0.15, -0.1) is 11.8 Å². The summed E-state index contributed by atoms with van der Waals surface area (Å²) in [6.45, 7) is 6.99. The predicted molar refractivity (Wildman–Crippen MR) is 88.8 cm³/mol. The van der Waals surface area contributed by atoms with E-state index in [4.69, 9.17) is 5.73 Å². The van der Waals surface area contributed by atoms with Crippen LogP contribution in [-0.2, 0) is 9.59 Å². The van der Waals surface area contributed by atoms with E-state index in [9.17, 15) is 9.59 Å². The van der Waals surface area contributed by atoms with E-state index in [0.717, 1.165) is 24.3 Å². The second-order valence-corrected chi connectivity index (χ2v) is 5.17. The Balaban J connectivity index is 0. The summed E-state index contributed by atoms with van der Waals surface area (Å²) in [6.07, 6.45) is 7.95. The number of thioether (sulfide) groups is 1. The molecule has 5 heteroatoms. The van der Waals surface area contributed by atoms with Crippen molar-refractivity contribution in [2.45, 2.75) is 20.8 Å². The average molecular weight is 298 g/mol. The van der Waals surface area contributed by atoms with E-state index in [0.29, 0.717) is 11.3 Å². The summed E-state index contributed by atoms with van der Waals surface area (Å²) in [6, 6.07) is 0. The second kappa shape index (κ2) is 15.9. The molecule has 20 heavy (non-hydrogen) atoms. The summed E-state index contributed by atoms with van der Waals surface area (Å²) in [7, 11) is 1.88. The highest BCUT2D eigenvalue weighted by molar-refractivity contribution is 8.03. The Bertz CT molecular complexity index is 359. The first-order valence-corrected chi connectivity index (χ1v) is 7.43. The molecule has 0 amide bonds. The minimum Gasteiger partial charge on any atom is -0.329 e. The fourth-order valence-corrected chi connectivity index (χ4v) is 1.54. The molecule has 0 saturated heterocycles. The van der Waals surface area contributed by atoms with Gasteiger partial charge in [-0.05, 0) is 32.7 Å². The largest absolute Gasteiger partial charge is 0.329 e. The lowest BCUT2D eigenvalue weighted by atomic mass is 10.2. The van der Waals surface area contributed by atoms with Crippen molar-refractivity contribution in [3.63, 3.8) is 0 Å². The van der Waals surface area contributed by atoms with Gasteiger partial charge in [0.2, 0.25) is 0 Å². The predicted octanol–water partition coefficient (Wildman–Crippen LogP) is 2.08. The smallest absolute Gasteiger partial charge is 0.150 e. The molecule has 0 atom stereocenters. The van der Waals surface area contributed by atoms with Crippen LogP contribution >= 0.6 is 11.8 Å². The molecular weight excluding hydrogens is 272 g/mol. The summed E-state index contributed by atoms with van der Waals surface area (Å²) in [4.78, 5) is 22.3. The van der Waals surface area contributed by atoms with Crippen LogP contribution in [0.5, 0.6) is 0 Å². The number of aldehydes is 1. The Morgan fingerprint density at radius 1 is 1.30 bits per heavy atom. The normalized spacial score (nSPS) is 12.1. The van der Waals surface area contributed by atoms with Crippen molar-refractivity contribution < 1.29 is 9.59 Å². The van der Waals surface area contributed by atoms with Crippen LogP contribution in [0.3, 0.4) is 0 Å². The number of hydrogen-bond acceptors (Lipinski definition) is 5. The topological polar surface area (TPSA) is 72.2 Å². The molecule has 0 spiro atoms. The first-order chi connectivity index (χ1) is 9.51. The average Bonchev–Trinajstić information content (AvgIpc) is 2.42. The Morgan fingerprint density at radius 2 is 1.95 bits per heavy atom. The maximum atomic E-state index is 10.7. The third-order valence-electron chi connectivity index (χ3n) is 1.90. The van der Waals surface area contributed by atoms with Crippen LogP contribution in [0.1, 0.15) is 20.8 Å². The lowest BCUT2D eigenvalue weighted by Gasteiger charge is -1.96. The first kappa shape index (κ1) is 21.1. The number of hydrogen-bond donors (Lipinski definition) is 2. The Labute approximate surface area is 126 Å². The highest BCUT2D eigenvalue weighted by Gasteiger charge is 1.94. The molecule has 114 valence electrons. The molecule has 0 unspecified atom stereocenters. The molecule has 0 bridgehead atoms. The molecule has 0 heterocycles. The SMILES string of the molecule is CNCCN.C\C=C/C(C=O)=C\C=C(/C)SCC(C)=O. The summed E-state index contributed by atoms with van der Waals surface area (Å²) in [5, 5.41) is 2.89. The summed E-state index contributed by atoms with van der Waals surface area (Å²) >= 11 is 1.48. The van der Waals surface area contributed by atoms with E-state index in [1.165, 1.54) is 11.8 Å². The van der Waals surface area contributed by atoms with E-state index in [2.05, 4.69) is 5.32 Å². The molecule has 0 saturated carbocycles. The number of ketones is 1. The third kappa shape index (κ3) is 16.8. The molecule has 0 aliphatic rings. The van der Waals surface area contributed by atoms with Crippen LogP contribution in [0.4, 0.5) is 0 Å². The molecule has 0 aromatic rings. The van der Waals surface area contributed by atoms with Gasteiger partial charge in [-0.3, -0.25) is 9.59 Å². The molecule has 0 radical (unpaired) electrons. The van der Waals surface area contributed by atoms with Gasteiger partial charge in [0, 0.05) is 18.7 Å². The van der Waals surface area contributed by atoms with Crippen molar-refractivity contribution in [3.8, 4) is 0 Å². The van der Waals surface area contributed by atoms with E-state index in [1.807, 2.05) is 33.0 Å². The molecule has 0 fully saturated rings. The van der Waals surface area contributed by atoms with Gasteiger partial charge in [0.15, 0.2) is 0 Å². The molecule has 3 N–H and O–H groups in total. The Kier molecular flexibility index (Phi) is 16.8. The zero-order chi connectivity index (χ0) is 15.8. The third-order valence-corrected chi connectivity index (χ3v) is 3.05.